The summed E-state index contributed by atoms with van der Waals surface area (Å²) in [5.41, 5.74) is -0.237. The van der Waals surface area contributed by atoms with E-state index in [2.05, 4.69) is 30.9 Å². The highest BCUT2D eigenvalue weighted by Crippen LogP contribution is 2.33. The predicted octanol–water partition coefficient (Wildman–Crippen LogP) is 3.39. The molecular formula is C11H8BrClN4O4. The molecule has 8 nitrogen and oxygen atoms in total. The highest BCUT2D eigenvalue weighted by atomic mass is 79.9. The fourth-order valence-electron chi connectivity index (χ4n) is 1.37. The summed E-state index contributed by atoms with van der Waals surface area (Å²) >= 11 is 8.87. The summed E-state index contributed by atoms with van der Waals surface area (Å²) in [6, 6.07) is 4.10. The molecule has 0 N–H and O–H groups in total. The Morgan fingerprint density at radius 1 is 1.33 bits per heavy atom. The number of nitrogens with zero attached hydrogens (tertiary/aromatic N) is 4. The van der Waals surface area contributed by atoms with Crippen LogP contribution in [-0.2, 0) is 0 Å². The van der Waals surface area contributed by atoms with E-state index in [-0.39, 0.29) is 28.7 Å². The summed E-state index contributed by atoms with van der Waals surface area (Å²) in [5.74, 6) is -0.0204. The minimum atomic E-state index is -0.577. The molecule has 0 atom stereocenters. The zero-order valence-corrected chi connectivity index (χ0v) is 13.0. The van der Waals surface area contributed by atoms with Gasteiger partial charge in [0, 0.05) is 10.5 Å². The second-order valence-electron chi connectivity index (χ2n) is 3.57. The second-order valence-corrected chi connectivity index (χ2v) is 4.83. The van der Waals surface area contributed by atoms with Crippen molar-refractivity contribution in [3.8, 4) is 17.8 Å². The van der Waals surface area contributed by atoms with Crippen molar-refractivity contribution in [2.75, 3.05) is 6.61 Å². The van der Waals surface area contributed by atoms with Gasteiger partial charge in [-0.05, 0) is 30.7 Å². The van der Waals surface area contributed by atoms with Gasteiger partial charge in [0.15, 0.2) is 0 Å². The maximum Gasteiger partial charge on any atom is 0.329 e. The van der Waals surface area contributed by atoms with Crippen LogP contribution in [0.25, 0.3) is 0 Å². The Bertz CT molecular complexity index is 685. The monoisotopic (exact) mass is 374 g/mol. The molecule has 0 bridgehead atoms. The van der Waals surface area contributed by atoms with Crippen LogP contribution in [0, 0.1) is 10.1 Å². The van der Waals surface area contributed by atoms with Crippen LogP contribution in [0.3, 0.4) is 0 Å². The van der Waals surface area contributed by atoms with Crippen molar-refractivity contribution >= 4 is 33.2 Å². The quantitative estimate of drug-likeness (QED) is 0.583. The molecular weight excluding hydrogens is 368 g/mol. The minimum absolute atomic E-state index is 0.0204. The standard InChI is InChI=1S/C11H8BrClN4O4/c1-2-20-10-14-9(13)15-11(16-10)21-8-4-3-6(12)5-7(8)17(18)19/h3-5H,2H2,1H3. The third-order valence-electron chi connectivity index (χ3n) is 2.16. The molecule has 0 amide bonds. The van der Waals surface area contributed by atoms with Gasteiger partial charge in [-0.1, -0.05) is 15.9 Å². The lowest BCUT2D eigenvalue weighted by Crippen LogP contribution is -2.02. The molecule has 1 aromatic heterocycles. The van der Waals surface area contributed by atoms with Gasteiger partial charge < -0.3 is 9.47 Å². The summed E-state index contributed by atoms with van der Waals surface area (Å²) in [4.78, 5) is 21.8. The number of benzene rings is 1. The van der Waals surface area contributed by atoms with Crippen LogP contribution < -0.4 is 9.47 Å². The van der Waals surface area contributed by atoms with Gasteiger partial charge in [0.25, 0.3) is 0 Å². The van der Waals surface area contributed by atoms with Gasteiger partial charge in [-0.25, -0.2) is 0 Å². The number of aromatic nitrogens is 3. The molecule has 0 aliphatic heterocycles. The zero-order chi connectivity index (χ0) is 15.4. The summed E-state index contributed by atoms with van der Waals surface area (Å²) < 4.78 is 10.9. The fourth-order valence-corrected chi connectivity index (χ4v) is 1.87. The Morgan fingerprint density at radius 2 is 2.05 bits per heavy atom. The predicted molar refractivity (Wildman–Crippen MR) is 76.9 cm³/mol. The molecule has 2 aromatic rings. The van der Waals surface area contributed by atoms with Crippen LogP contribution in [0.4, 0.5) is 5.69 Å². The van der Waals surface area contributed by atoms with E-state index in [9.17, 15) is 10.1 Å². The smallest absolute Gasteiger partial charge is 0.329 e. The molecule has 0 aliphatic carbocycles. The van der Waals surface area contributed by atoms with E-state index in [1.165, 1.54) is 12.1 Å². The largest absolute Gasteiger partial charge is 0.464 e. The van der Waals surface area contributed by atoms with E-state index < -0.39 is 4.92 Å². The highest BCUT2D eigenvalue weighted by molar-refractivity contribution is 9.10. The van der Waals surface area contributed by atoms with Crippen molar-refractivity contribution in [1.29, 1.82) is 0 Å². The Balaban J connectivity index is 2.36. The Kier molecular flexibility index (Phi) is 4.86. The molecule has 2 rings (SSSR count). The van der Waals surface area contributed by atoms with E-state index in [1.807, 2.05) is 0 Å². The average Bonchev–Trinajstić information content (AvgIpc) is 2.40. The van der Waals surface area contributed by atoms with E-state index in [0.29, 0.717) is 11.1 Å². The third-order valence-corrected chi connectivity index (χ3v) is 2.82. The summed E-state index contributed by atoms with van der Waals surface area (Å²) in [5, 5.41) is 10.9. The molecule has 0 saturated heterocycles. The molecule has 0 unspecified atom stereocenters. The molecule has 110 valence electrons. The zero-order valence-electron chi connectivity index (χ0n) is 10.6. The van der Waals surface area contributed by atoms with Crippen LogP contribution in [0.5, 0.6) is 17.8 Å². The molecule has 0 spiro atoms. The molecule has 1 heterocycles. The van der Waals surface area contributed by atoms with Crippen molar-refractivity contribution in [3.63, 3.8) is 0 Å². The lowest BCUT2D eigenvalue weighted by atomic mass is 10.3. The Hall–Kier alpha value is -2.00. The van der Waals surface area contributed by atoms with E-state index in [0.717, 1.165) is 0 Å². The van der Waals surface area contributed by atoms with E-state index >= 15 is 0 Å². The second kappa shape index (κ2) is 6.64. The number of nitro benzene ring substituents is 1. The number of nitro groups is 1. The first kappa shape index (κ1) is 15.4. The van der Waals surface area contributed by atoms with E-state index in [4.69, 9.17) is 21.1 Å². The molecule has 0 radical (unpaired) electrons. The highest BCUT2D eigenvalue weighted by Gasteiger charge is 2.18. The van der Waals surface area contributed by atoms with Crippen molar-refractivity contribution in [3.05, 3.63) is 38.1 Å². The average molecular weight is 376 g/mol. The Morgan fingerprint density at radius 3 is 2.71 bits per heavy atom. The molecule has 0 aliphatic rings. The number of rotatable bonds is 5. The molecule has 0 saturated carbocycles. The number of halogens is 2. The normalized spacial score (nSPS) is 10.2. The number of hydrogen-bond acceptors (Lipinski definition) is 7. The van der Waals surface area contributed by atoms with Crippen LogP contribution in [0.1, 0.15) is 6.92 Å². The van der Waals surface area contributed by atoms with Gasteiger partial charge in [-0.2, -0.15) is 9.97 Å². The van der Waals surface area contributed by atoms with Gasteiger partial charge in [0.2, 0.25) is 11.0 Å². The Labute approximate surface area is 132 Å². The van der Waals surface area contributed by atoms with Crippen molar-refractivity contribution in [2.24, 2.45) is 0 Å². The first-order chi connectivity index (χ1) is 9.99. The first-order valence-electron chi connectivity index (χ1n) is 5.65. The minimum Gasteiger partial charge on any atom is -0.464 e. The van der Waals surface area contributed by atoms with Gasteiger partial charge in [0.1, 0.15) is 0 Å². The molecule has 0 fully saturated rings. The van der Waals surface area contributed by atoms with Crippen LogP contribution in [0.2, 0.25) is 5.28 Å². The summed E-state index contributed by atoms with van der Waals surface area (Å²) in [7, 11) is 0. The van der Waals surface area contributed by atoms with Gasteiger partial charge >= 0.3 is 17.7 Å². The van der Waals surface area contributed by atoms with Crippen LogP contribution in [0.15, 0.2) is 22.7 Å². The molecule has 10 heteroatoms. The lowest BCUT2D eigenvalue weighted by molar-refractivity contribution is -0.385. The van der Waals surface area contributed by atoms with Gasteiger partial charge in [-0.3, -0.25) is 10.1 Å². The number of ether oxygens (including phenoxy) is 2. The summed E-state index contributed by atoms with van der Waals surface area (Å²) in [6.07, 6.45) is 0. The maximum absolute atomic E-state index is 11.0. The maximum atomic E-state index is 11.0. The SMILES string of the molecule is CCOc1nc(Cl)nc(Oc2ccc(Br)cc2[N+](=O)[O-])n1. The van der Waals surface area contributed by atoms with E-state index in [1.54, 1.807) is 13.0 Å². The number of hydrogen-bond donors (Lipinski definition) is 0. The van der Waals surface area contributed by atoms with Crippen molar-refractivity contribution in [1.82, 2.24) is 15.0 Å². The van der Waals surface area contributed by atoms with Gasteiger partial charge in [0.05, 0.1) is 11.5 Å². The fraction of sp³-hybridized carbons (Fsp3) is 0.182. The van der Waals surface area contributed by atoms with Crippen LogP contribution in [-0.4, -0.2) is 26.5 Å². The van der Waals surface area contributed by atoms with Crippen molar-refractivity contribution in [2.45, 2.75) is 6.92 Å². The lowest BCUT2D eigenvalue weighted by Gasteiger charge is -2.06. The molecule has 21 heavy (non-hydrogen) atoms. The summed E-state index contributed by atoms with van der Waals surface area (Å²) in [6.45, 7) is 2.08. The third kappa shape index (κ3) is 3.99. The topological polar surface area (TPSA) is 100 Å². The first-order valence-corrected chi connectivity index (χ1v) is 6.83. The molecule has 1 aromatic carbocycles. The van der Waals surface area contributed by atoms with Crippen molar-refractivity contribution < 1.29 is 14.4 Å². The van der Waals surface area contributed by atoms with Crippen LogP contribution >= 0.6 is 27.5 Å². The van der Waals surface area contributed by atoms with Gasteiger partial charge in [-0.15, -0.1) is 4.98 Å².